The van der Waals surface area contributed by atoms with Gasteiger partial charge in [0.25, 0.3) is 0 Å². The van der Waals surface area contributed by atoms with Gasteiger partial charge in [0.05, 0.1) is 52.7 Å². The molecule has 0 aromatic rings. The fourth-order valence-corrected chi connectivity index (χ4v) is 3.17. The van der Waals surface area contributed by atoms with Crippen LogP contribution in [0, 0.1) is 0 Å². The fraction of sp³-hybridized carbons (Fsp3) is 0.684. The van der Waals surface area contributed by atoms with E-state index < -0.39 is 29.1 Å². The fourth-order valence-electron chi connectivity index (χ4n) is 2.17. The lowest BCUT2D eigenvalue weighted by Gasteiger charge is -2.16. The summed E-state index contributed by atoms with van der Waals surface area (Å²) in [5.74, 6) is 2.58. The van der Waals surface area contributed by atoms with E-state index in [1.165, 1.54) is 11.2 Å². The number of ether oxygens (including phenoxy) is 3. The van der Waals surface area contributed by atoms with Crippen LogP contribution in [0.15, 0.2) is 11.9 Å². The highest BCUT2D eigenvalue weighted by atomic mass is 32.2. The van der Waals surface area contributed by atoms with Crippen LogP contribution < -0.4 is 27.9 Å². The molecular formula is C19H36N6O9S. The largest absolute Gasteiger partial charge is 0.480 e. The van der Waals surface area contributed by atoms with Gasteiger partial charge in [-0.05, 0) is 0 Å². The molecule has 16 heteroatoms. The van der Waals surface area contributed by atoms with Crippen LogP contribution in [0.25, 0.3) is 0 Å². The van der Waals surface area contributed by atoms with Crippen molar-refractivity contribution in [3.63, 3.8) is 0 Å². The summed E-state index contributed by atoms with van der Waals surface area (Å²) in [6.07, 6.45) is 1.64. The average Bonchev–Trinajstić information content (AvgIpc) is 2.80. The molecule has 0 saturated carbocycles. The van der Waals surface area contributed by atoms with Gasteiger partial charge in [-0.15, -0.1) is 11.8 Å². The first-order valence-corrected chi connectivity index (χ1v) is 11.7. The number of nitrogens with one attached hydrogen (secondary N) is 2. The molecule has 0 aromatic carbocycles. The molecule has 0 aromatic heterocycles. The summed E-state index contributed by atoms with van der Waals surface area (Å²) in [7, 11) is 0. The second-order valence-corrected chi connectivity index (χ2v) is 8.17. The summed E-state index contributed by atoms with van der Waals surface area (Å²) in [6, 6.07) is -1.22. The molecule has 0 aliphatic carbocycles. The number of nitrogens with zero attached hydrogens (tertiary/aromatic N) is 1. The zero-order valence-electron chi connectivity index (χ0n) is 19.4. The Labute approximate surface area is 207 Å². The highest BCUT2D eigenvalue weighted by Gasteiger charge is 2.24. The number of hydrogen-bond acceptors (Lipinski definition) is 12. The topological polar surface area (TPSA) is 242 Å². The quantitative estimate of drug-likeness (QED) is 0.0302. The van der Waals surface area contributed by atoms with Gasteiger partial charge in [0.15, 0.2) is 0 Å². The van der Waals surface area contributed by atoms with Crippen molar-refractivity contribution in [2.75, 3.05) is 65.0 Å². The zero-order chi connectivity index (χ0) is 26.5. The van der Waals surface area contributed by atoms with E-state index in [1.54, 1.807) is 0 Å². The maximum atomic E-state index is 12.0. The van der Waals surface area contributed by atoms with Gasteiger partial charge in [-0.25, -0.2) is 5.84 Å². The molecule has 0 fully saturated rings. The van der Waals surface area contributed by atoms with E-state index in [1.807, 2.05) is 0 Å². The Kier molecular flexibility index (Phi) is 19.2. The van der Waals surface area contributed by atoms with Crippen molar-refractivity contribution in [2.45, 2.75) is 17.7 Å². The molecule has 0 aliphatic heterocycles. The molecule has 10 N–H and O–H groups in total. The van der Waals surface area contributed by atoms with Gasteiger partial charge in [-0.3, -0.25) is 19.2 Å². The minimum absolute atomic E-state index is 0.0554. The van der Waals surface area contributed by atoms with Crippen molar-refractivity contribution in [1.82, 2.24) is 15.6 Å². The van der Waals surface area contributed by atoms with Gasteiger partial charge < -0.3 is 51.5 Å². The predicted octanol–water partition coefficient (Wildman–Crippen LogP) is -3.14. The summed E-state index contributed by atoms with van der Waals surface area (Å²) >= 11 is 0.779. The third-order valence-electron chi connectivity index (χ3n) is 3.97. The van der Waals surface area contributed by atoms with E-state index in [0.29, 0.717) is 59.1 Å². The number of aliphatic carboxylic acids is 2. The summed E-state index contributed by atoms with van der Waals surface area (Å²) in [4.78, 5) is 44.0. The number of carbonyl (C=O) groups is 4. The SMILES string of the molecule is N/C(=C\N(N)CCOCCOCCOCCNC=O)CNC(=O)CC(SCC(N)C(=O)O)C(=O)O. The van der Waals surface area contributed by atoms with Crippen molar-refractivity contribution >= 4 is 36.0 Å². The third-order valence-corrected chi connectivity index (χ3v) is 5.30. The van der Waals surface area contributed by atoms with Crippen LogP contribution in [0.2, 0.25) is 0 Å². The number of rotatable bonds is 23. The molecule has 2 amide bonds. The molecule has 2 unspecified atom stereocenters. The zero-order valence-corrected chi connectivity index (χ0v) is 20.2. The maximum absolute atomic E-state index is 12.0. The second-order valence-electron chi connectivity index (χ2n) is 6.94. The Balaban J connectivity index is 3.96. The number of hydrazine groups is 1. The lowest BCUT2D eigenvalue weighted by molar-refractivity contribution is -0.139. The molecule has 0 heterocycles. The highest BCUT2D eigenvalue weighted by molar-refractivity contribution is 8.00. The Bertz CT molecular complexity index is 671. The molecule has 0 aliphatic rings. The van der Waals surface area contributed by atoms with E-state index >= 15 is 0 Å². The standard InChI is InChI=1S/C19H36N6O9S/c20-14(10-24-17(27)9-16(19(30)31)35-12-15(21)18(28)29)11-25(22)2-4-33-6-8-34-7-5-32-3-1-23-13-26/h11,13,15-16H,1-10,12,20-22H2,(H,23,26)(H,24,27)(H,28,29)(H,30,31)/b14-11-. The Morgan fingerprint density at radius 3 is 2.17 bits per heavy atom. The molecule has 202 valence electrons. The summed E-state index contributed by atoms with van der Waals surface area (Å²) < 4.78 is 15.9. The third kappa shape index (κ3) is 19.4. The first-order chi connectivity index (χ1) is 16.7. The molecular weight excluding hydrogens is 488 g/mol. The van der Waals surface area contributed by atoms with Crippen molar-refractivity contribution in [3.8, 4) is 0 Å². The van der Waals surface area contributed by atoms with Gasteiger partial charge in [-0.2, -0.15) is 0 Å². The number of amides is 2. The van der Waals surface area contributed by atoms with Crippen LogP contribution in [0.3, 0.4) is 0 Å². The lowest BCUT2D eigenvalue weighted by Crippen LogP contribution is -2.36. The van der Waals surface area contributed by atoms with Crippen LogP contribution in [-0.4, -0.2) is 116 Å². The van der Waals surface area contributed by atoms with Gasteiger partial charge in [0.2, 0.25) is 12.3 Å². The van der Waals surface area contributed by atoms with Crippen molar-refractivity contribution in [3.05, 3.63) is 11.9 Å². The van der Waals surface area contributed by atoms with Crippen LogP contribution in [0.4, 0.5) is 0 Å². The minimum atomic E-state index is -1.25. The first kappa shape index (κ1) is 32.4. The smallest absolute Gasteiger partial charge is 0.321 e. The average molecular weight is 525 g/mol. The van der Waals surface area contributed by atoms with Crippen molar-refractivity contribution in [1.29, 1.82) is 0 Å². The first-order valence-electron chi connectivity index (χ1n) is 10.6. The Morgan fingerprint density at radius 2 is 1.60 bits per heavy atom. The second kappa shape index (κ2) is 20.7. The monoisotopic (exact) mass is 524 g/mol. The molecule has 0 rings (SSSR count). The Morgan fingerprint density at radius 1 is 1.00 bits per heavy atom. The number of hydrogen-bond donors (Lipinski definition) is 7. The summed E-state index contributed by atoms with van der Waals surface area (Å²) in [5, 5.41) is 23.1. The van der Waals surface area contributed by atoms with E-state index in [2.05, 4.69) is 10.6 Å². The molecule has 15 nitrogen and oxygen atoms in total. The van der Waals surface area contributed by atoms with Gasteiger partial charge in [0.1, 0.15) is 11.3 Å². The van der Waals surface area contributed by atoms with Crippen LogP contribution >= 0.6 is 11.8 Å². The normalized spacial score (nSPS) is 13.0. The predicted molar refractivity (Wildman–Crippen MR) is 127 cm³/mol. The molecule has 0 spiro atoms. The molecule has 2 atom stereocenters. The van der Waals surface area contributed by atoms with Crippen LogP contribution in [0.5, 0.6) is 0 Å². The number of thioether (sulfide) groups is 1. The lowest BCUT2D eigenvalue weighted by atomic mass is 10.3. The Hall–Kier alpha value is -2.63. The molecule has 0 saturated heterocycles. The summed E-state index contributed by atoms with van der Waals surface area (Å²) in [6.45, 7) is 2.98. The molecule has 0 radical (unpaired) electrons. The number of nitrogens with two attached hydrogens (primary N) is 3. The highest BCUT2D eigenvalue weighted by Crippen LogP contribution is 2.16. The van der Waals surface area contributed by atoms with Gasteiger partial charge in [-0.1, -0.05) is 0 Å². The molecule has 35 heavy (non-hydrogen) atoms. The van der Waals surface area contributed by atoms with E-state index in [4.69, 9.17) is 36.6 Å². The van der Waals surface area contributed by atoms with Crippen molar-refractivity contribution < 1.29 is 43.6 Å². The van der Waals surface area contributed by atoms with E-state index in [-0.39, 0.29) is 24.4 Å². The van der Waals surface area contributed by atoms with E-state index in [0.717, 1.165) is 11.8 Å². The summed E-state index contributed by atoms with van der Waals surface area (Å²) in [5.41, 5.74) is 11.4. The maximum Gasteiger partial charge on any atom is 0.321 e. The van der Waals surface area contributed by atoms with Crippen LogP contribution in [-0.2, 0) is 33.4 Å². The van der Waals surface area contributed by atoms with Crippen molar-refractivity contribution in [2.24, 2.45) is 17.3 Å². The number of carbonyl (C=O) groups excluding carboxylic acids is 2. The van der Waals surface area contributed by atoms with Gasteiger partial charge in [0, 0.05) is 30.6 Å². The number of carboxylic acid groups (broad SMARTS) is 2. The van der Waals surface area contributed by atoms with E-state index in [9.17, 15) is 24.3 Å². The van der Waals surface area contributed by atoms with Gasteiger partial charge >= 0.3 is 11.9 Å². The van der Waals surface area contributed by atoms with Crippen LogP contribution in [0.1, 0.15) is 6.42 Å². The molecule has 0 bridgehead atoms. The number of carboxylic acids is 2. The minimum Gasteiger partial charge on any atom is -0.480 e.